The third kappa shape index (κ3) is 5.43. The first-order chi connectivity index (χ1) is 15.4. The summed E-state index contributed by atoms with van der Waals surface area (Å²) in [4.78, 5) is 29.6. The average molecular weight is 435 g/mol. The van der Waals surface area contributed by atoms with E-state index in [-0.39, 0.29) is 6.09 Å². The van der Waals surface area contributed by atoms with Crippen molar-refractivity contribution in [2.75, 3.05) is 36.4 Å². The van der Waals surface area contributed by atoms with Gasteiger partial charge in [-0.15, -0.1) is 0 Å². The van der Waals surface area contributed by atoms with Gasteiger partial charge in [0.05, 0.1) is 28.6 Å². The summed E-state index contributed by atoms with van der Waals surface area (Å²) in [5.41, 5.74) is 4.47. The van der Waals surface area contributed by atoms with Crippen molar-refractivity contribution in [3.05, 3.63) is 54.6 Å². The van der Waals surface area contributed by atoms with E-state index in [0.717, 1.165) is 47.5 Å². The maximum absolute atomic E-state index is 12.5. The summed E-state index contributed by atoms with van der Waals surface area (Å²) in [5, 5.41) is 3.52. The van der Waals surface area contributed by atoms with E-state index in [1.807, 2.05) is 45.3 Å². The van der Waals surface area contributed by atoms with Gasteiger partial charge >= 0.3 is 6.09 Å². The molecule has 8 nitrogen and oxygen atoms in total. The number of nitrogens with one attached hydrogen (secondary N) is 1. The van der Waals surface area contributed by atoms with E-state index in [2.05, 4.69) is 37.3 Å². The number of hydrogen-bond donors (Lipinski definition) is 1. The molecule has 8 heteroatoms. The van der Waals surface area contributed by atoms with Crippen LogP contribution in [0.3, 0.4) is 0 Å². The summed E-state index contributed by atoms with van der Waals surface area (Å²) < 4.78 is 5.55. The number of nitrogens with zero attached hydrogens (tertiary/aromatic N) is 5. The van der Waals surface area contributed by atoms with Crippen LogP contribution < -0.4 is 10.2 Å². The number of hydrogen-bond acceptors (Lipinski definition) is 7. The van der Waals surface area contributed by atoms with Gasteiger partial charge in [0.15, 0.2) is 0 Å². The van der Waals surface area contributed by atoms with E-state index >= 15 is 0 Å². The summed E-state index contributed by atoms with van der Waals surface area (Å²) in [6.45, 7) is 9.26. The molecular weight excluding hydrogens is 404 g/mol. The molecule has 168 valence electrons. The number of aromatic nitrogens is 3. The zero-order valence-corrected chi connectivity index (χ0v) is 18.9. The van der Waals surface area contributed by atoms with E-state index in [4.69, 9.17) is 4.74 Å². The van der Waals surface area contributed by atoms with Crippen LogP contribution in [0.4, 0.5) is 16.2 Å². The fraction of sp³-hybridized carbons (Fsp3) is 0.417. The normalized spacial score (nSPS) is 14.8. The highest BCUT2D eigenvalue weighted by Gasteiger charge is 2.25. The standard InChI is InChI=1S/C24H30N6O2/c1-24(2,3)32-23(31)30-12-4-11-29(13-14-30)22-7-8-25-17-21(22)28-16-18-5-6-19-20(15-18)27-10-9-26-19/h5-10,15,17,28H,4,11-14,16H2,1-3H3. The molecule has 0 unspecified atom stereocenters. The number of pyridine rings is 1. The summed E-state index contributed by atoms with van der Waals surface area (Å²) in [7, 11) is 0. The lowest BCUT2D eigenvalue weighted by Crippen LogP contribution is -2.39. The number of anilines is 2. The fourth-order valence-corrected chi connectivity index (χ4v) is 3.78. The summed E-state index contributed by atoms with van der Waals surface area (Å²) >= 11 is 0. The van der Waals surface area contributed by atoms with E-state index < -0.39 is 5.60 Å². The Morgan fingerprint density at radius 1 is 1.03 bits per heavy atom. The molecule has 1 amide bonds. The molecule has 1 aliphatic rings. The molecule has 2 aromatic heterocycles. The first-order valence-corrected chi connectivity index (χ1v) is 11.0. The summed E-state index contributed by atoms with van der Waals surface area (Å²) in [6, 6.07) is 8.13. The minimum Gasteiger partial charge on any atom is -0.444 e. The third-order valence-corrected chi connectivity index (χ3v) is 5.30. The Labute approximate surface area is 188 Å². The molecule has 0 aliphatic carbocycles. The quantitative estimate of drug-likeness (QED) is 0.662. The van der Waals surface area contributed by atoms with Crippen molar-refractivity contribution in [1.29, 1.82) is 0 Å². The lowest BCUT2D eigenvalue weighted by molar-refractivity contribution is 0.0263. The van der Waals surface area contributed by atoms with Crippen LogP contribution in [-0.4, -0.2) is 57.7 Å². The SMILES string of the molecule is CC(C)(C)OC(=O)N1CCCN(c2ccncc2NCc2ccc3nccnc3c2)CC1. The van der Waals surface area contributed by atoms with Gasteiger partial charge in [-0.25, -0.2) is 4.79 Å². The Morgan fingerprint density at radius 3 is 2.66 bits per heavy atom. The van der Waals surface area contributed by atoms with E-state index in [1.54, 1.807) is 17.3 Å². The molecule has 0 atom stereocenters. The molecular formula is C24H30N6O2. The van der Waals surface area contributed by atoms with Crippen LogP contribution in [0, 0.1) is 0 Å². The lowest BCUT2D eigenvalue weighted by Gasteiger charge is -2.27. The fourth-order valence-electron chi connectivity index (χ4n) is 3.78. The molecule has 1 aromatic carbocycles. The molecule has 3 aromatic rings. The van der Waals surface area contributed by atoms with Gasteiger partial charge < -0.3 is 19.9 Å². The predicted octanol–water partition coefficient (Wildman–Crippen LogP) is 4.08. The third-order valence-electron chi connectivity index (χ3n) is 5.30. The Hall–Kier alpha value is -3.42. The van der Waals surface area contributed by atoms with Crippen LogP contribution in [0.1, 0.15) is 32.8 Å². The molecule has 32 heavy (non-hydrogen) atoms. The number of benzene rings is 1. The lowest BCUT2D eigenvalue weighted by atomic mass is 10.2. The molecule has 0 bridgehead atoms. The number of fused-ring (bicyclic) bond motifs is 1. The van der Waals surface area contributed by atoms with Gasteiger partial charge in [-0.3, -0.25) is 15.0 Å². The Balaban J connectivity index is 1.43. The van der Waals surface area contributed by atoms with E-state index in [1.165, 1.54) is 0 Å². The van der Waals surface area contributed by atoms with Crippen molar-refractivity contribution in [1.82, 2.24) is 19.9 Å². The van der Waals surface area contributed by atoms with Crippen molar-refractivity contribution in [2.24, 2.45) is 0 Å². The topological polar surface area (TPSA) is 83.5 Å². The van der Waals surface area contributed by atoms with Crippen LogP contribution in [0.5, 0.6) is 0 Å². The van der Waals surface area contributed by atoms with Crippen LogP contribution in [-0.2, 0) is 11.3 Å². The first kappa shape index (κ1) is 21.8. The second kappa shape index (κ2) is 9.38. The highest BCUT2D eigenvalue weighted by Crippen LogP contribution is 2.27. The molecule has 0 spiro atoms. The highest BCUT2D eigenvalue weighted by atomic mass is 16.6. The Kier molecular flexibility index (Phi) is 6.39. The molecule has 1 N–H and O–H groups in total. The second-order valence-corrected chi connectivity index (χ2v) is 8.93. The van der Waals surface area contributed by atoms with Gasteiger partial charge in [-0.05, 0) is 51.0 Å². The van der Waals surface area contributed by atoms with Crippen molar-refractivity contribution in [3.8, 4) is 0 Å². The van der Waals surface area contributed by atoms with Gasteiger partial charge in [-0.2, -0.15) is 0 Å². The molecule has 0 saturated carbocycles. The number of carbonyl (C=O) groups excluding carboxylic acids is 1. The second-order valence-electron chi connectivity index (χ2n) is 8.93. The molecule has 1 fully saturated rings. The summed E-state index contributed by atoms with van der Waals surface area (Å²) in [6.07, 6.45) is 7.71. The largest absolute Gasteiger partial charge is 0.444 e. The van der Waals surface area contributed by atoms with Gasteiger partial charge in [0, 0.05) is 51.3 Å². The van der Waals surface area contributed by atoms with Crippen LogP contribution >= 0.6 is 0 Å². The zero-order valence-electron chi connectivity index (χ0n) is 18.9. The van der Waals surface area contributed by atoms with Crippen molar-refractivity contribution in [3.63, 3.8) is 0 Å². The number of amides is 1. The maximum Gasteiger partial charge on any atom is 0.410 e. The minimum absolute atomic E-state index is 0.244. The predicted molar refractivity (Wildman–Crippen MR) is 126 cm³/mol. The van der Waals surface area contributed by atoms with Crippen molar-refractivity contribution < 1.29 is 9.53 Å². The molecule has 0 radical (unpaired) electrons. The highest BCUT2D eigenvalue weighted by molar-refractivity contribution is 5.75. The Bertz CT molecular complexity index is 1080. The number of ether oxygens (including phenoxy) is 1. The van der Waals surface area contributed by atoms with Gasteiger partial charge in [0.1, 0.15) is 5.60 Å². The van der Waals surface area contributed by atoms with E-state index in [0.29, 0.717) is 19.6 Å². The van der Waals surface area contributed by atoms with E-state index in [9.17, 15) is 4.79 Å². The first-order valence-electron chi connectivity index (χ1n) is 11.0. The summed E-state index contributed by atoms with van der Waals surface area (Å²) in [5.74, 6) is 0. The molecule has 1 saturated heterocycles. The van der Waals surface area contributed by atoms with Crippen LogP contribution in [0.25, 0.3) is 11.0 Å². The maximum atomic E-state index is 12.5. The van der Waals surface area contributed by atoms with Crippen molar-refractivity contribution >= 4 is 28.5 Å². The number of carbonyl (C=O) groups is 1. The van der Waals surface area contributed by atoms with Crippen LogP contribution in [0.2, 0.25) is 0 Å². The number of rotatable bonds is 4. The molecule has 3 heterocycles. The van der Waals surface area contributed by atoms with Crippen LogP contribution in [0.15, 0.2) is 49.1 Å². The zero-order chi connectivity index (χ0) is 22.6. The van der Waals surface area contributed by atoms with Crippen molar-refractivity contribution in [2.45, 2.75) is 39.3 Å². The van der Waals surface area contributed by atoms with Gasteiger partial charge in [-0.1, -0.05) is 6.07 Å². The monoisotopic (exact) mass is 434 g/mol. The Morgan fingerprint density at radius 2 is 1.84 bits per heavy atom. The molecule has 1 aliphatic heterocycles. The smallest absolute Gasteiger partial charge is 0.410 e. The molecule has 4 rings (SSSR count). The van der Waals surface area contributed by atoms with Gasteiger partial charge in [0.25, 0.3) is 0 Å². The average Bonchev–Trinajstić information content (AvgIpc) is 3.03. The minimum atomic E-state index is -0.486. The van der Waals surface area contributed by atoms with Gasteiger partial charge in [0.2, 0.25) is 0 Å².